The number of rotatable bonds is 3. The molecule has 0 aromatic heterocycles. The highest BCUT2D eigenvalue weighted by atomic mass is 79.9. The summed E-state index contributed by atoms with van der Waals surface area (Å²) in [5.74, 6) is 0. The standard InChI is InChI=1S/C11H14BrNS/c1-14-10-3-2-8(6-9(10)12)7-11(13)4-5-11/h2-3,6H,4-5,7,13H2,1H3. The van der Waals surface area contributed by atoms with Gasteiger partial charge in [-0.1, -0.05) is 6.07 Å². The van der Waals surface area contributed by atoms with Crippen molar-refractivity contribution >= 4 is 27.7 Å². The Labute approximate surface area is 97.6 Å². The molecule has 3 heteroatoms. The van der Waals surface area contributed by atoms with Gasteiger partial charge >= 0.3 is 0 Å². The minimum absolute atomic E-state index is 0.111. The second-order valence-electron chi connectivity index (χ2n) is 4.01. The largest absolute Gasteiger partial charge is 0.325 e. The molecular weight excluding hydrogens is 258 g/mol. The molecule has 0 amide bonds. The summed E-state index contributed by atoms with van der Waals surface area (Å²) >= 11 is 5.33. The maximum atomic E-state index is 6.08. The van der Waals surface area contributed by atoms with Gasteiger partial charge < -0.3 is 5.73 Å². The van der Waals surface area contributed by atoms with Crippen molar-refractivity contribution in [3.63, 3.8) is 0 Å². The van der Waals surface area contributed by atoms with Crippen molar-refractivity contribution in [2.45, 2.75) is 29.7 Å². The third-order valence-corrected chi connectivity index (χ3v) is 4.38. The molecule has 0 heterocycles. The second-order valence-corrected chi connectivity index (χ2v) is 5.71. The van der Waals surface area contributed by atoms with Crippen LogP contribution in [0.5, 0.6) is 0 Å². The van der Waals surface area contributed by atoms with Crippen LogP contribution in [0, 0.1) is 0 Å². The molecule has 0 atom stereocenters. The van der Waals surface area contributed by atoms with Crippen LogP contribution in [0.1, 0.15) is 18.4 Å². The van der Waals surface area contributed by atoms with E-state index in [-0.39, 0.29) is 5.54 Å². The fourth-order valence-corrected chi connectivity index (χ4v) is 2.93. The average molecular weight is 272 g/mol. The summed E-state index contributed by atoms with van der Waals surface area (Å²) in [6.45, 7) is 0. The van der Waals surface area contributed by atoms with E-state index in [9.17, 15) is 0 Å². The summed E-state index contributed by atoms with van der Waals surface area (Å²) in [7, 11) is 0. The van der Waals surface area contributed by atoms with Crippen LogP contribution in [0.4, 0.5) is 0 Å². The summed E-state index contributed by atoms with van der Waals surface area (Å²) in [4.78, 5) is 1.29. The molecular formula is C11H14BrNS. The SMILES string of the molecule is CSc1ccc(CC2(N)CC2)cc1Br. The summed E-state index contributed by atoms with van der Waals surface area (Å²) < 4.78 is 1.19. The lowest BCUT2D eigenvalue weighted by atomic mass is 10.1. The molecule has 1 nitrogen and oxygen atoms in total. The molecule has 14 heavy (non-hydrogen) atoms. The highest BCUT2D eigenvalue weighted by molar-refractivity contribution is 9.10. The number of nitrogens with two attached hydrogens (primary N) is 1. The van der Waals surface area contributed by atoms with Crippen molar-refractivity contribution in [2.24, 2.45) is 5.73 Å². The number of benzene rings is 1. The van der Waals surface area contributed by atoms with E-state index in [4.69, 9.17) is 5.73 Å². The molecule has 1 saturated carbocycles. The smallest absolute Gasteiger partial charge is 0.0313 e. The van der Waals surface area contributed by atoms with E-state index in [1.165, 1.54) is 27.8 Å². The lowest BCUT2D eigenvalue weighted by Crippen LogP contribution is -2.24. The Morgan fingerprint density at radius 2 is 2.21 bits per heavy atom. The summed E-state index contributed by atoms with van der Waals surface area (Å²) in [6.07, 6.45) is 5.45. The lowest BCUT2D eigenvalue weighted by molar-refractivity contribution is 0.671. The van der Waals surface area contributed by atoms with Crippen LogP contribution in [0.15, 0.2) is 27.6 Å². The Balaban J connectivity index is 2.15. The molecule has 2 N–H and O–H groups in total. The molecule has 0 unspecified atom stereocenters. The van der Waals surface area contributed by atoms with Crippen LogP contribution in [0.25, 0.3) is 0 Å². The molecule has 2 rings (SSSR count). The third-order valence-electron chi connectivity index (χ3n) is 2.66. The predicted molar refractivity (Wildman–Crippen MR) is 65.8 cm³/mol. The van der Waals surface area contributed by atoms with E-state index in [0.717, 1.165) is 6.42 Å². The molecule has 0 bridgehead atoms. The first kappa shape index (κ1) is 10.5. The summed E-state index contributed by atoms with van der Waals surface area (Å²) in [5, 5.41) is 0. The highest BCUT2D eigenvalue weighted by Crippen LogP contribution is 2.36. The zero-order valence-electron chi connectivity index (χ0n) is 8.22. The van der Waals surface area contributed by atoms with Gasteiger partial charge in [0, 0.05) is 14.9 Å². The van der Waals surface area contributed by atoms with Gasteiger partial charge in [-0.05, 0) is 59.1 Å². The lowest BCUT2D eigenvalue weighted by Gasteiger charge is -2.10. The predicted octanol–water partition coefficient (Wildman–Crippen LogP) is 3.20. The van der Waals surface area contributed by atoms with Crippen LogP contribution in [-0.4, -0.2) is 11.8 Å². The maximum Gasteiger partial charge on any atom is 0.0313 e. The van der Waals surface area contributed by atoms with Crippen molar-refractivity contribution in [3.8, 4) is 0 Å². The Morgan fingerprint density at radius 1 is 1.50 bits per heavy atom. The van der Waals surface area contributed by atoms with Gasteiger partial charge in [-0.3, -0.25) is 0 Å². The Bertz CT molecular complexity index is 347. The second kappa shape index (κ2) is 3.87. The molecule has 76 valence electrons. The van der Waals surface area contributed by atoms with Gasteiger partial charge in [-0.25, -0.2) is 0 Å². The van der Waals surface area contributed by atoms with Gasteiger partial charge in [-0.15, -0.1) is 11.8 Å². The number of hydrogen-bond acceptors (Lipinski definition) is 2. The van der Waals surface area contributed by atoms with Crippen molar-refractivity contribution in [1.29, 1.82) is 0 Å². The van der Waals surface area contributed by atoms with Crippen molar-refractivity contribution < 1.29 is 0 Å². The number of hydrogen-bond donors (Lipinski definition) is 1. The molecule has 0 saturated heterocycles. The monoisotopic (exact) mass is 271 g/mol. The van der Waals surface area contributed by atoms with Crippen molar-refractivity contribution in [2.75, 3.05) is 6.26 Å². The van der Waals surface area contributed by atoms with E-state index in [1.807, 2.05) is 0 Å². The van der Waals surface area contributed by atoms with Crippen LogP contribution in [0.2, 0.25) is 0 Å². The number of halogens is 1. The summed E-state index contributed by atoms with van der Waals surface area (Å²) in [6, 6.07) is 6.54. The molecule has 0 spiro atoms. The van der Waals surface area contributed by atoms with Gasteiger partial charge in [-0.2, -0.15) is 0 Å². The normalized spacial score (nSPS) is 18.2. The first-order chi connectivity index (χ1) is 6.63. The molecule has 1 aromatic rings. The topological polar surface area (TPSA) is 26.0 Å². The molecule has 0 radical (unpaired) electrons. The van der Waals surface area contributed by atoms with Gasteiger partial charge in [0.2, 0.25) is 0 Å². The Kier molecular flexibility index (Phi) is 2.91. The van der Waals surface area contributed by atoms with E-state index < -0.39 is 0 Å². The van der Waals surface area contributed by atoms with E-state index in [2.05, 4.69) is 40.4 Å². The Morgan fingerprint density at radius 3 is 2.71 bits per heavy atom. The van der Waals surface area contributed by atoms with Gasteiger partial charge in [0.05, 0.1) is 0 Å². The van der Waals surface area contributed by atoms with Crippen LogP contribution in [0.3, 0.4) is 0 Å². The molecule has 1 aromatic carbocycles. The first-order valence-corrected chi connectivity index (χ1v) is 6.76. The maximum absolute atomic E-state index is 6.08. The first-order valence-electron chi connectivity index (χ1n) is 4.74. The molecule has 1 fully saturated rings. The minimum atomic E-state index is 0.111. The van der Waals surface area contributed by atoms with Crippen LogP contribution in [-0.2, 0) is 6.42 Å². The van der Waals surface area contributed by atoms with Crippen LogP contribution < -0.4 is 5.73 Å². The fourth-order valence-electron chi connectivity index (χ4n) is 1.56. The van der Waals surface area contributed by atoms with Crippen molar-refractivity contribution in [1.82, 2.24) is 0 Å². The third kappa shape index (κ3) is 2.33. The quantitative estimate of drug-likeness (QED) is 0.855. The van der Waals surface area contributed by atoms with Gasteiger partial charge in [0.25, 0.3) is 0 Å². The van der Waals surface area contributed by atoms with E-state index in [1.54, 1.807) is 11.8 Å². The van der Waals surface area contributed by atoms with Gasteiger partial charge in [0.1, 0.15) is 0 Å². The van der Waals surface area contributed by atoms with Crippen molar-refractivity contribution in [3.05, 3.63) is 28.2 Å². The van der Waals surface area contributed by atoms with Gasteiger partial charge in [0.15, 0.2) is 0 Å². The summed E-state index contributed by atoms with van der Waals surface area (Å²) in [5.41, 5.74) is 7.53. The number of thioether (sulfide) groups is 1. The van der Waals surface area contributed by atoms with Crippen LogP contribution >= 0.6 is 27.7 Å². The molecule has 1 aliphatic carbocycles. The minimum Gasteiger partial charge on any atom is -0.325 e. The zero-order valence-corrected chi connectivity index (χ0v) is 10.6. The van der Waals surface area contributed by atoms with E-state index >= 15 is 0 Å². The highest BCUT2D eigenvalue weighted by Gasteiger charge is 2.37. The van der Waals surface area contributed by atoms with E-state index in [0.29, 0.717) is 0 Å². The molecule has 0 aliphatic heterocycles. The Hall–Kier alpha value is 0.01000. The average Bonchev–Trinajstić information content (AvgIpc) is 2.84. The zero-order chi connectivity index (χ0) is 10.2. The fraction of sp³-hybridized carbons (Fsp3) is 0.455. The molecule has 1 aliphatic rings.